The number of aromatic amines is 2. The van der Waals surface area contributed by atoms with Gasteiger partial charge in [0.05, 0.1) is 29.4 Å². The first-order chi connectivity index (χ1) is 17.0. The van der Waals surface area contributed by atoms with E-state index in [1.165, 1.54) is 0 Å². The Morgan fingerprint density at radius 3 is 2.60 bits per heavy atom. The number of aryl methyl sites for hydroxylation is 2. The molecule has 0 unspecified atom stereocenters. The van der Waals surface area contributed by atoms with E-state index in [0.29, 0.717) is 22.5 Å². The third-order valence-corrected chi connectivity index (χ3v) is 6.26. The van der Waals surface area contributed by atoms with Gasteiger partial charge in [0.2, 0.25) is 5.82 Å². The molecule has 0 fully saturated rings. The number of benzene rings is 2. The highest BCUT2D eigenvalue weighted by atomic mass is 16.5. The SMILES string of the molecule is COc1cc2c(cc1-c1c(C)n[nH]c1C)[nH]c1nc(C(=O)O)nc(-c3ccnc4ccccc34)c12. The highest BCUT2D eigenvalue weighted by Gasteiger charge is 2.22. The normalized spacial score (nSPS) is 11.5. The third-order valence-electron chi connectivity index (χ3n) is 6.26. The summed E-state index contributed by atoms with van der Waals surface area (Å²) in [4.78, 5) is 28.5. The van der Waals surface area contributed by atoms with Crippen molar-refractivity contribution < 1.29 is 14.6 Å². The van der Waals surface area contributed by atoms with Gasteiger partial charge in [0.15, 0.2) is 0 Å². The number of rotatable bonds is 4. The Bertz CT molecular complexity index is 1780. The highest BCUT2D eigenvalue weighted by molar-refractivity contribution is 6.16. The minimum absolute atomic E-state index is 0.284. The van der Waals surface area contributed by atoms with Gasteiger partial charge in [-0.3, -0.25) is 10.1 Å². The predicted molar refractivity (Wildman–Crippen MR) is 133 cm³/mol. The van der Waals surface area contributed by atoms with Crippen molar-refractivity contribution >= 4 is 38.8 Å². The molecule has 4 aromatic heterocycles. The fraction of sp³-hybridized carbons (Fsp3) is 0.115. The molecule has 0 bridgehead atoms. The second-order valence-corrected chi connectivity index (χ2v) is 8.33. The first-order valence-corrected chi connectivity index (χ1v) is 11.0. The summed E-state index contributed by atoms with van der Waals surface area (Å²) in [6.07, 6.45) is 1.70. The molecule has 9 heteroatoms. The van der Waals surface area contributed by atoms with Crippen LogP contribution in [0.25, 0.3) is 55.2 Å². The minimum Gasteiger partial charge on any atom is -0.496 e. The van der Waals surface area contributed by atoms with E-state index in [0.717, 1.165) is 49.9 Å². The van der Waals surface area contributed by atoms with Crippen molar-refractivity contribution in [3.63, 3.8) is 0 Å². The lowest BCUT2D eigenvalue weighted by Gasteiger charge is -2.11. The highest BCUT2D eigenvalue weighted by Crippen LogP contribution is 2.41. The smallest absolute Gasteiger partial charge is 0.374 e. The molecule has 0 aliphatic rings. The van der Waals surface area contributed by atoms with Crippen LogP contribution in [0.2, 0.25) is 0 Å². The Morgan fingerprint density at radius 1 is 1.03 bits per heavy atom. The number of pyridine rings is 1. The van der Waals surface area contributed by atoms with Crippen LogP contribution in [-0.2, 0) is 0 Å². The fourth-order valence-corrected chi connectivity index (χ4v) is 4.73. The number of aromatic nitrogens is 6. The zero-order valence-electron chi connectivity index (χ0n) is 19.2. The van der Waals surface area contributed by atoms with Crippen LogP contribution in [0.1, 0.15) is 22.0 Å². The monoisotopic (exact) mass is 464 g/mol. The Kier molecular flexibility index (Phi) is 4.53. The maximum Gasteiger partial charge on any atom is 0.374 e. The number of hydrogen-bond donors (Lipinski definition) is 3. The van der Waals surface area contributed by atoms with Crippen LogP contribution in [0.4, 0.5) is 0 Å². The second-order valence-electron chi connectivity index (χ2n) is 8.33. The van der Waals surface area contributed by atoms with Crippen molar-refractivity contribution in [1.82, 2.24) is 30.1 Å². The molecule has 0 saturated carbocycles. The van der Waals surface area contributed by atoms with Gasteiger partial charge in [-0.2, -0.15) is 5.10 Å². The average molecular weight is 464 g/mol. The Hall–Kier alpha value is -4.79. The van der Waals surface area contributed by atoms with Crippen LogP contribution in [0.5, 0.6) is 5.75 Å². The number of hydrogen-bond acceptors (Lipinski definition) is 6. The standard InChI is InChI=1S/C26H20N6O3/c1-12-21(13(2)32-31-12)17-10-19-16(11-20(17)35-3)22-23(29-25(26(33)34)30-24(22)28-19)15-8-9-27-18-7-5-4-6-14(15)18/h4-11H,1-3H3,(H,31,32)(H,33,34)(H,28,29,30). The summed E-state index contributed by atoms with van der Waals surface area (Å²) in [6, 6.07) is 13.5. The molecule has 0 spiro atoms. The van der Waals surface area contributed by atoms with Crippen LogP contribution >= 0.6 is 0 Å². The number of carboxylic acid groups (broad SMARTS) is 1. The quantitative estimate of drug-likeness (QED) is 0.333. The van der Waals surface area contributed by atoms with Crippen LogP contribution in [0.15, 0.2) is 48.7 Å². The van der Waals surface area contributed by atoms with Crippen LogP contribution < -0.4 is 4.74 Å². The molecule has 2 aromatic carbocycles. The van der Waals surface area contributed by atoms with Gasteiger partial charge in [0.1, 0.15) is 11.4 Å². The molecule has 0 amide bonds. The molecule has 6 aromatic rings. The Labute approximate surface area is 198 Å². The van der Waals surface area contributed by atoms with E-state index < -0.39 is 5.97 Å². The molecule has 0 saturated heterocycles. The first-order valence-electron chi connectivity index (χ1n) is 11.0. The van der Waals surface area contributed by atoms with Crippen molar-refractivity contribution in [2.45, 2.75) is 13.8 Å². The lowest BCUT2D eigenvalue weighted by atomic mass is 9.98. The number of nitrogens with one attached hydrogen (secondary N) is 2. The van der Waals surface area contributed by atoms with E-state index in [1.807, 2.05) is 56.3 Å². The van der Waals surface area contributed by atoms with E-state index in [-0.39, 0.29) is 5.82 Å². The number of methoxy groups -OCH3 is 1. The lowest BCUT2D eigenvalue weighted by Crippen LogP contribution is -2.05. The largest absolute Gasteiger partial charge is 0.496 e. The van der Waals surface area contributed by atoms with Crippen molar-refractivity contribution in [3.05, 3.63) is 65.9 Å². The number of para-hydroxylation sites is 1. The molecule has 172 valence electrons. The predicted octanol–water partition coefficient (Wildman–Crippen LogP) is 5.04. The topological polar surface area (TPSA) is 130 Å². The molecule has 0 radical (unpaired) electrons. The number of carbonyl (C=O) groups is 1. The zero-order valence-corrected chi connectivity index (χ0v) is 19.2. The number of H-pyrrole nitrogens is 2. The average Bonchev–Trinajstić information content (AvgIpc) is 3.40. The molecule has 4 heterocycles. The van der Waals surface area contributed by atoms with Gasteiger partial charge >= 0.3 is 5.97 Å². The van der Waals surface area contributed by atoms with E-state index in [1.54, 1.807) is 13.3 Å². The molecule has 0 aliphatic heterocycles. The lowest BCUT2D eigenvalue weighted by molar-refractivity contribution is 0.0684. The second kappa shape index (κ2) is 7.63. The van der Waals surface area contributed by atoms with Crippen LogP contribution in [0, 0.1) is 13.8 Å². The van der Waals surface area contributed by atoms with Gasteiger partial charge in [0, 0.05) is 44.9 Å². The van der Waals surface area contributed by atoms with Crippen molar-refractivity contribution in [2.75, 3.05) is 7.11 Å². The minimum atomic E-state index is -1.20. The van der Waals surface area contributed by atoms with Gasteiger partial charge in [-0.15, -0.1) is 0 Å². The van der Waals surface area contributed by atoms with Gasteiger partial charge in [-0.1, -0.05) is 18.2 Å². The van der Waals surface area contributed by atoms with Crippen molar-refractivity contribution in [2.24, 2.45) is 0 Å². The van der Waals surface area contributed by atoms with E-state index >= 15 is 0 Å². The summed E-state index contributed by atoms with van der Waals surface area (Å²) in [5.74, 6) is -0.819. The molecule has 35 heavy (non-hydrogen) atoms. The number of aromatic carboxylic acids is 1. The van der Waals surface area contributed by atoms with Gasteiger partial charge < -0.3 is 14.8 Å². The summed E-state index contributed by atoms with van der Waals surface area (Å²) < 4.78 is 5.78. The number of nitrogens with zero attached hydrogens (tertiary/aromatic N) is 4. The first kappa shape index (κ1) is 20.8. The summed E-state index contributed by atoms with van der Waals surface area (Å²) in [6.45, 7) is 3.90. The molecule has 6 rings (SSSR count). The van der Waals surface area contributed by atoms with Crippen molar-refractivity contribution in [1.29, 1.82) is 0 Å². The van der Waals surface area contributed by atoms with Crippen LogP contribution in [0.3, 0.4) is 0 Å². The van der Waals surface area contributed by atoms with E-state index in [4.69, 9.17) is 4.74 Å². The molecule has 0 aliphatic carbocycles. The molecule has 9 nitrogen and oxygen atoms in total. The third kappa shape index (κ3) is 3.12. The van der Waals surface area contributed by atoms with Crippen molar-refractivity contribution in [3.8, 4) is 28.1 Å². The summed E-state index contributed by atoms with van der Waals surface area (Å²) in [5.41, 5.74) is 6.91. The molecular formula is C26H20N6O3. The maximum atomic E-state index is 11.9. The number of ether oxygens (including phenoxy) is 1. The fourth-order valence-electron chi connectivity index (χ4n) is 4.73. The summed E-state index contributed by atoms with van der Waals surface area (Å²) in [5, 5.41) is 19.5. The molecule has 3 N–H and O–H groups in total. The summed E-state index contributed by atoms with van der Waals surface area (Å²) >= 11 is 0. The van der Waals surface area contributed by atoms with E-state index in [2.05, 4.69) is 30.1 Å². The van der Waals surface area contributed by atoms with Gasteiger partial charge in [-0.25, -0.2) is 14.8 Å². The van der Waals surface area contributed by atoms with Gasteiger partial charge in [0.25, 0.3) is 0 Å². The van der Waals surface area contributed by atoms with Gasteiger partial charge in [-0.05, 0) is 38.1 Å². The van der Waals surface area contributed by atoms with E-state index in [9.17, 15) is 9.90 Å². The number of carboxylic acids is 1. The zero-order chi connectivity index (χ0) is 24.3. The molecule has 0 atom stereocenters. The summed E-state index contributed by atoms with van der Waals surface area (Å²) in [7, 11) is 1.63. The Balaban J connectivity index is 1.74. The van der Waals surface area contributed by atoms with Crippen LogP contribution in [-0.4, -0.2) is 48.3 Å². The number of fused-ring (bicyclic) bond motifs is 4. The maximum absolute atomic E-state index is 11.9. The Morgan fingerprint density at radius 2 is 1.86 bits per heavy atom. The molecular weight excluding hydrogens is 444 g/mol.